The van der Waals surface area contributed by atoms with Crippen LogP contribution < -0.4 is 10.1 Å². The summed E-state index contributed by atoms with van der Waals surface area (Å²) in [5, 5.41) is 3.28. The molecule has 1 N–H and O–H groups in total. The third-order valence-electron chi connectivity index (χ3n) is 4.47. The van der Waals surface area contributed by atoms with E-state index < -0.39 is 12.7 Å². The van der Waals surface area contributed by atoms with Gasteiger partial charge in [0.2, 0.25) is 0 Å². The zero-order valence-electron chi connectivity index (χ0n) is 15.9. The first-order valence-electron chi connectivity index (χ1n) is 8.64. The van der Waals surface area contributed by atoms with Crippen molar-refractivity contribution in [1.82, 2.24) is 15.1 Å². The van der Waals surface area contributed by atoms with E-state index >= 15 is 0 Å². The Bertz CT molecular complexity index is 595. The van der Waals surface area contributed by atoms with E-state index in [1.807, 2.05) is 36.2 Å². The lowest BCUT2D eigenvalue weighted by molar-refractivity contribution is -0.143. The highest BCUT2D eigenvalue weighted by atomic mass is 127. The number of hydrogen-bond donors (Lipinski definition) is 1. The molecule has 0 radical (unpaired) electrons. The Hall–Kier alpha value is -1.23. The summed E-state index contributed by atoms with van der Waals surface area (Å²) in [5.74, 6) is 1.74. The second-order valence-electron chi connectivity index (χ2n) is 6.64. The summed E-state index contributed by atoms with van der Waals surface area (Å²) >= 11 is 0. The van der Waals surface area contributed by atoms with Gasteiger partial charge in [-0.15, -0.1) is 24.0 Å². The molecule has 0 saturated carbocycles. The summed E-state index contributed by atoms with van der Waals surface area (Å²) in [6, 6.07) is 7.81. The van der Waals surface area contributed by atoms with Gasteiger partial charge in [0, 0.05) is 33.7 Å². The van der Waals surface area contributed by atoms with Crippen molar-refractivity contribution in [2.24, 2.45) is 10.9 Å². The summed E-state index contributed by atoms with van der Waals surface area (Å²) in [7, 11) is 5.27. The topological polar surface area (TPSA) is 40.1 Å². The monoisotopic (exact) mass is 500 g/mol. The third-order valence-corrected chi connectivity index (χ3v) is 4.47. The Balaban J connectivity index is 0.00000364. The van der Waals surface area contributed by atoms with Crippen molar-refractivity contribution in [2.75, 3.05) is 47.4 Å². The number of guanidine groups is 1. The fourth-order valence-electron chi connectivity index (χ4n) is 3.18. The Morgan fingerprint density at radius 2 is 2.00 bits per heavy atom. The highest BCUT2D eigenvalue weighted by Crippen LogP contribution is 2.22. The van der Waals surface area contributed by atoms with Gasteiger partial charge in [-0.05, 0) is 36.6 Å². The van der Waals surface area contributed by atoms with Gasteiger partial charge >= 0.3 is 6.18 Å². The fraction of sp³-hybridized carbons (Fsp3) is 0.611. The molecule has 0 spiro atoms. The van der Waals surface area contributed by atoms with E-state index in [9.17, 15) is 13.2 Å². The number of nitrogens with zero attached hydrogens (tertiary/aromatic N) is 3. The largest absolute Gasteiger partial charge is 0.497 e. The van der Waals surface area contributed by atoms with Gasteiger partial charge in [-0.3, -0.25) is 9.89 Å². The Labute approximate surface area is 176 Å². The van der Waals surface area contributed by atoms with Crippen molar-refractivity contribution in [2.45, 2.75) is 19.1 Å². The molecule has 9 heteroatoms. The zero-order valence-corrected chi connectivity index (χ0v) is 18.3. The van der Waals surface area contributed by atoms with Crippen molar-refractivity contribution < 1.29 is 17.9 Å². The van der Waals surface area contributed by atoms with Crippen LogP contribution in [0.5, 0.6) is 5.75 Å². The molecule has 1 heterocycles. The molecule has 2 rings (SSSR count). The van der Waals surface area contributed by atoms with Gasteiger partial charge in [-0.2, -0.15) is 13.2 Å². The van der Waals surface area contributed by atoms with Crippen molar-refractivity contribution in [3.63, 3.8) is 0 Å². The van der Waals surface area contributed by atoms with Crippen LogP contribution in [0.25, 0.3) is 0 Å². The van der Waals surface area contributed by atoms with E-state index in [0.29, 0.717) is 26.2 Å². The van der Waals surface area contributed by atoms with Crippen LogP contribution in [0.4, 0.5) is 13.2 Å². The zero-order chi connectivity index (χ0) is 19.2. The van der Waals surface area contributed by atoms with Crippen LogP contribution in [-0.2, 0) is 6.54 Å². The first kappa shape index (κ1) is 23.8. The molecule has 0 amide bonds. The van der Waals surface area contributed by atoms with Gasteiger partial charge in [-0.25, -0.2) is 0 Å². The second-order valence-corrected chi connectivity index (χ2v) is 6.64. The smallest absolute Gasteiger partial charge is 0.401 e. The molecule has 0 aromatic heterocycles. The third kappa shape index (κ3) is 8.12. The second kappa shape index (κ2) is 10.9. The number of ether oxygens (including phenoxy) is 1. The maximum Gasteiger partial charge on any atom is 0.401 e. The number of methoxy groups -OCH3 is 1. The fourth-order valence-corrected chi connectivity index (χ4v) is 3.18. The molecule has 1 atom stereocenters. The minimum Gasteiger partial charge on any atom is -0.497 e. The predicted octanol–water partition coefficient (Wildman–Crippen LogP) is 3.20. The Morgan fingerprint density at radius 1 is 1.33 bits per heavy atom. The van der Waals surface area contributed by atoms with Crippen LogP contribution in [0.15, 0.2) is 29.3 Å². The minimum absolute atomic E-state index is 0. The summed E-state index contributed by atoms with van der Waals surface area (Å²) in [4.78, 5) is 7.73. The first-order chi connectivity index (χ1) is 12.3. The standard InChI is InChI=1S/C18H27F3N4O.HI/c1-22-17(24(2)11-14-4-6-16(26-3)7-5-14)23-10-15-8-9-25(12-15)13-18(19,20)21;/h4-7,15H,8-13H2,1-3H3,(H,22,23);1H. The molecule has 1 aliphatic rings. The van der Waals surface area contributed by atoms with Gasteiger partial charge in [0.05, 0.1) is 13.7 Å². The average molecular weight is 500 g/mol. The van der Waals surface area contributed by atoms with Crippen molar-refractivity contribution in [3.05, 3.63) is 29.8 Å². The highest BCUT2D eigenvalue weighted by Gasteiger charge is 2.34. The molecule has 1 aliphatic heterocycles. The molecule has 5 nitrogen and oxygen atoms in total. The molecule has 1 saturated heterocycles. The van der Waals surface area contributed by atoms with E-state index in [-0.39, 0.29) is 29.9 Å². The molecule has 154 valence electrons. The lowest BCUT2D eigenvalue weighted by Crippen LogP contribution is -2.41. The number of rotatable bonds is 6. The van der Waals surface area contributed by atoms with Gasteiger partial charge in [0.1, 0.15) is 5.75 Å². The number of benzene rings is 1. The molecule has 0 aliphatic carbocycles. The summed E-state index contributed by atoms with van der Waals surface area (Å²) in [6.45, 7) is 1.43. The van der Waals surface area contributed by atoms with Crippen LogP contribution in [-0.4, -0.2) is 69.3 Å². The minimum atomic E-state index is -4.13. The number of likely N-dealkylation sites (tertiary alicyclic amines) is 1. The van der Waals surface area contributed by atoms with Gasteiger partial charge < -0.3 is 15.0 Å². The van der Waals surface area contributed by atoms with Crippen LogP contribution in [0.2, 0.25) is 0 Å². The molecule has 27 heavy (non-hydrogen) atoms. The number of aliphatic imine (C=N–C) groups is 1. The van der Waals surface area contributed by atoms with Crippen LogP contribution in [0, 0.1) is 5.92 Å². The number of halogens is 4. The van der Waals surface area contributed by atoms with Crippen LogP contribution in [0.1, 0.15) is 12.0 Å². The van der Waals surface area contributed by atoms with Crippen molar-refractivity contribution >= 4 is 29.9 Å². The van der Waals surface area contributed by atoms with Crippen molar-refractivity contribution in [3.8, 4) is 5.75 Å². The molecule has 1 unspecified atom stereocenters. The molecule has 1 aromatic rings. The molecule has 1 aromatic carbocycles. The molecule has 0 bridgehead atoms. The van der Waals surface area contributed by atoms with E-state index in [1.165, 1.54) is 4.90 Å². The lowest BCUT2D eigenvalue weighted by atomic mass is 10.1. The predicted molar refractivity (Wildman–Crippen MR) is 112 cm³/mol. The van der Waals surface area contributed by atoms with Gasteiger partial charge in [-0.1, -0.05) is 12.1 Å². The van der Waals surface area contributed by atoms with E-state index in [4.69, 9.17) is 4.74 Å². The highest BCUT2D eigenvalue weighted by molar-refractivity contribution is 14.0. The summed E-state index contributed by atoms with van der Waals surface area (Å²) in [5.41, 5.74) is 1.12. The molecule has 1 fully saturated rings. The number of alkyl halides is 3. The summed E-state index contributed by atoms with van der Waals surface area (Å²) in [6.07, 6.45) is -3.36. The Kier molecular flexibility index (Phi) is 9.65. The average Bonchev–Trinajstić information content (AvgIpc) is 3.01. The van der Waals surface area contributed by atoms with E-state index in [0.717, 1.165) is 23.7 Å². The maximum atomic E-state index is 12.5. The van der Waals surface area contributed by atoms with Crippen LogP contribution >= 0.6 is 24.0 Å². The first-order valence-corrected chi connectivity index (χ1v) is 8.64. The SMILES string of the molecule is CN=C(NCC1CCN(CC(F)(F)F)C1)N(C)Cc1ccc(OC)cc1.I. The molecular weight excluding hydrogens is 472 g/mol. The number of nitrogens with one attached hydrogen (secondary N) is 1. The lowest BCUT2D eigenvalue weighted by Gasteiger charge is -2.24. The number of hydrogen-bond acceptors (Lipinski definition) is 3. The van der Waals surface area contributed by atoms with Crippen molar-refractivity contribution in [1.29, 1.82) is 0 Å². The van der Waals surface area contributed by atoms with Gasteiger partial charge in [0.15, 0.2) is 5.96 Å². The Morgan fingerprint density at radius 3 is 2.56 bits per heavy atom. The normalized spacial score (nSPS) is 18.1. The molecular formula is C18H28F3IN4O. The van der Waals surface area contributed by atoms with Gasteiger partial charge in [0.25, 0.3) is 0 Å². The van der Waals surface area contributed by atoms with Crippen LogP contribution in [0.3, 0.4) is 0 Å². The van der Waals surface area contributed by atoms with E-state index in [1.54, 1.807) is 14.2 Å². The quantitative estimate of drug-likeness (QED) is 0.370. The van der Waals surface area contributed by atoms with E-state index in [2.05, 4.69) is 10.3 Å². The maximum absolute atomic E-state index is 12.5. The summed E-state index contributed by atoms with van der Waals surface area (Å²) < 4.78 is 42.6.